The average Bonchev–Trinajstić information content (AvgIpc) is 2.55. The molecule has 1 aliphatic rings. The Balaban J connectivity index is 2.40. The van der Waals surface area contributed by atoms with Crippen LogP contribution in [0.2, 0.25) is 0 Å². The molecule has 1 aliphatic heterocycles. The smallest absolute Gasteiger partial charge is 0.281 e. The molecule has 0 N–H and O–H groups in total. The molecule has 0 saturated heterocycles. The first-order chi connectivity index (χ1) is 8.19. The molecule has 0 spiro atoms. The molecule has 1 aromatic heterocycles. The van der Waals surface area contributed by atoms with E-state index in [1.165, 1.54) is 6.20 Å². The van der Waals surface area contributed by atoms with E-state index >= 15 is 0 Å². The van der Waals surface area contributed by atoms with Gasteiger partial charge in [0.05, 0.1) is 18.7 Å². The molecular formula is C12H10N2O3. The van der Waals surface area contributed by atoms with Gasteiger partial charge in [0.25, 0.3) is 11.8 Å². The maximum absolute atomic E-state index is 11.9. The van der Waals surface area contributed by atoms with Crippen molar-refractivity contribution in [3.05, 3.63) is 29.1 Å². The third-order valence-electron chi connectivity index (χ3n) is 2.43. The minimum Gasteiger partial charge on any atom is -0.380 e. The molecular weight excluding hydrogens is 220 g/mol. The van der Waals surface area contributed by atoms with Crippen LogP contribution in [0, 0.1) is 12.3 Å². The van der Waals surface area contributed by atoms with Crippen molar-refractivity contribution >= 4 is 11.8 Å². The summed E-state index contributed by atoms with van der Waals surface area (Å²) in [7, 11) is 1.55. The monoisotopic (exact) mass is 230 g/mol. The Kier molecular flexibility index (Phi) is 2.90. The normalized spacial score (nSPS) is 13.8. The van der Waals surface area contributed by atoms with Gasteiger partial charge in [-0.05, 0) is 11.6 Å². The maximum atomic E-state index is 11.9. The molecule has 0 radical (unpaired) electrons. The average molecular weight is 230 g/mol. The Morgan fingerprint density at radius 2 is 2.24 bits per heavy atom. The van der Waals surface area contributed by atoms with E-state index in [1.54, 1.807) is 13.2 Å². The molecule has 0 aliphatic carbocycles. The van der Waals surface area contributed by atoms with Crippen molar-refractivity contribution in [1.82, 2.24) is 9.88 Å². The van der Waals surface area contributed by atoms with Crippen LogP contribution in [-0.2, 0) is 11.3 Å². The summed E-state index contributed by atoms with van der Waals surface area (Å²) in [6.07, 6.45) is 6.63. The molecule has 2 amide bonds. The minimum atomic E-state index is -0.438. The van der Waals surface area contributed by atoms with E-state index < -0.39 is 11.8 Å². The van der Waals surface area contributed by atoms with Gasteiger partial charge in [0.15, 0.2) is 0 Å². The summed E-state index contributed by atoms with van der Waals surface area (Å²) >= 11 is 0. The number of imide groups is 1. The molecule has 0 unspecified atom stereocenters. The second-order valence-electron chi connectivity index (χ2n) is 3.57. The molecule has 2 rings (SSSR count). The van der Waals surface area contributed by atoms with E-state index in [-0.39, 0.29) is 12.2 Å². The van der Waals surface area contributed by atoms with Crippen LogP contribution in [0.1, 0.15) is 26.4 Å². The molecule has 1 aromatic rings. The van der Waals surface area contributed by atoms with Crippen LogP contribution < -0.4 is 0 Å². The molecule has 0 atom stereocenters. The summed E-state index contributed by atoms with van der Waals surface area (Å²) in [5, 5.41) is 0. The van der Waals surface area contributed by atoms with Crippen LogP contribution in [0.15, 0.2) is 12.3 Å². The molecule has 0 bridgehead atoms. The van der Waals surface area contributed by atoms with E-state index in [2.05, 4.69) is 10.9 Å². The third-order valence-corrected chi connectivity index (χ3v) is 2.43. The van der Waals surface area contributed by atoms with E-state index in [0.29, 0.717) is 12.2 Å². The van der Waals surface area contributed by atoms with Crippen LogP contribution in [0.3, 0.4) is 0 Å². The fourth-order valence-corrected chi connectivity index (χ4v) is 1.69. The third kappa shape index (κ3) is 1.79. The molecule has 0 aromatic carbocycles. The highest BCUT2D eigenvalue weighted by Crippen LogP contribution is 2.21. The number of amides is 2. The molecule has 5 heteroatoms. The lowest BCUT2D eigenvalue weighted by molar-refractivity contribution is 0.0673. The topological polar surface area (TPSA) is 59.5 Å². The number of rotatable bonds is 3. The van der Waals surface area contributed by atoms with E-state index in [9.17, 15) is 9.59 Å². The fourth-order valence-electron chi connectivity index (χ4n) is 1.69. The van der Waals surface area contributed by atoms with Crippen molar-refractivity contribution in [2.24, 2.45) is 0 Å². The standard InChI is InChI=1S/C12H10N2O3/c1-3-4-14-11(15)9-5-8(7-17-2)6-13-10(9)12(14)16/h1,5-6H,4,7H2,2H3. The van der Waals surface area contributed by atoms with Gasteiger partial charge in [-0.25, -0.2) is 4.98 Å². The molecule has 0 fully saturated rings. The van der Waals surface area contributed by atoms with Crippen molar-refractivity contribution < 1.29 is 14.3 Å². The zero-order valence-corrected chi connectivity index (χ0v) is 9.27. The van der Waals surface area contributed by atoms with Crippen LogP contribution >= 0.6 is 0 Å². The van der Waals surface area contributed by atoms with Crippen LogP contribution in [0.4, 0.5) is 0 Å². The lowest BCUT2D eigenvalue weighted by atomic mass is 10.1. The predicted molar refractivity (Wildman–Crippen MR) is 59.2 cm³/mol. The van der Waals surface area contributed by atoms with Gasteiger partial charge in [0.1, 0.15) is 5.69 Å². The summed E-state index contributed by atoms with van der Waals surface area (Å²) in [5.41, 5.74) is 1.19. The summed E-state index contributed by atoms with van der Waals surface area (Å²) in [4.78, 5) is 28.7. The van der Waals surface area contributed by atoms with Gasteiger partial charge in [0.2, 0.25) is 0 Å². The Hall–Kier alpha value is -2.19. The number of hydrogen-bond donors (Lipinski definition) is 0. The second-order valence-corrected chi connectivity index (χ2v) is 3.57. The first kappa shape index (κ1) is 11.3. The van der Waals surface area contributed by atoms with Gasteiger partial charge in [0, 0.05) is 13.3 Å². The zero-order valence-electron chi connectivity index (χ0n) is 9.27. The van der Waals surface area contributed by atoms with Gasteiger partial charge < -0.3 is 4.74 Å². The quantitative estimate of drug-likeness (QED) is 0.559. The van der Waals surface area contributed by atoms with Crippen molar-refractivity contribution in [3.63, 3.8) is 0 Å². The van der Waals surface area contributed by atoms with Crippen LogP contribution in [0.25, 0.3) is 0 Å². The molecule has 17 heavy (non-hydrogen) atoms. The Bertz CT molecular complexity index is 531. The lowest BCUT2D eigenvalue weighted by Crippen LogP contribution is -2.30. The Labute approximate surface area is 98.4 Å². The molecule has 2 heterocycles. The van der Waals surface area contributed by atoms with Crippen molar-refractivity contribution in [2.45, 2.75) is 6.61 Å². The second kappa shape index (κ2) is 4.36. The number of hydrogen-bond acceptors (Lipinski definition) is 4. The van der Waals surface area contributed by atoms with Crippen molar-refractivity contribution in [1.29, 1.82) is 0 Å². The van der Waals surface area contributed by atoms with Gasteiger partial charge in [-0.15, -0.1) is 6.42 Å². The first-order valence-corrected chi connectivity index (χ1v) is 4.96. The molecule has 86 valence electrons. The highest BCUT2D eigenvalue weighted by Gasteiger charge is 2.36. The zero-order chi connectivity index (χ0) is 12.4. The SMILES string of the molecule is C#CCN1C(=O)c2cc(COC)cnc2C1=O. The largest absolute Gasteiger partial charge is 0.380 e. The molecule has 0 saturated carbocycles. The fraction of sp³-hybridized carbons (Fsp3) is 0.250. The Morgan fingerprint density at radius 3 is 2.88 bits per heavy atom. The van der Waals surface area contributed by atoms with Crippen LogP contribution in [0.5, 0.6) is 0 Å². The first-order valence-electron chi connectivity index (χ1n) is 4.96. The number of nitrogens with zero attached hydrogens (tertiary/aromatic N) is 2. The molecule has 5 nitrogen and oxygen atoms in total. The highest BCUT2D eigenvalue weighted by molar-refractivity contribution is 6.20. The number of fused-ring (bicyclic) bond motifs is 1. The minimum absolute atomic E-state index is 0.0341. The van der Waals surface area contributed by atoms with E-state index in [0.717, 1.165) is 10.5 Å². The predicted octanol–water partition coefficient (Wildman–Crippen LogP) is 0.457. The summed E-state index contributed by atoms with van der Waals surface area (Å²) in [6, 6.07) is 1.61. The maximum Gasteiger partial charge on any atom is 0.281 e. The van der Waals surface area contributed by atoms with Crippen molar-refractivity contribution in [3.8, 4) is 12.3 Å². The van der Waals surface area contributed by atoms with E-state index in [4.69, 9.17) is 11.2 Å². The van der Waals surface area contributed by atoms with Crippen LogP contribution in [-0.4, -0.2) is 35.4 Å². The highest BCUT2D eigenvalue weighted by atomic mass is 16.5. The number of terminal acetylenes is 1. The summed E-state index contributed by atoms with van der Waals surface area (Å²) < 4.78 is 4.94. The number of ether oxygens (including phenoxy) is 1. The summed E-state index contributed by atoms with van der Waals surface area (Å²) in [6.45, 7) is 0.310. The number of methoxy groups -OCH3 is 1. The number of carbonyl (C=O) groups is 2. The van der Waals surface area contributed by atoms with Gasteiger partial charge >= 0.3 is 0 Å². The number of carbonyl (C=O) groups excluding carboxylic acids is 2. The number of pyridine rings is 1. The van der Waals surface area contributed by atoms with Crippen molar-refractivity contribution in [2.75, 3.05) is 13.7 Å². The Morgan fingerprint density at radius 1 is 1.47 bits per heavy atom. The number of aromatic nitrogens is 1. The van der Waals surface area contributed by atoms with E-state index in [1.807, 2.05) is 0 Å². The van der Waals surface area contributed by atoms with Gasteiger partial charge in [-0.2, -0.15) is 0 Å². The van der Waals surface area contributed by atoms with Gasteiger partial charge in [-0.3, -0.25) is 14.5 Å². The summed E-state index contributed by atoms with van der Waals surface area (Å²) in [5.74, 6) is 1.44. The lowest BCUT2D eigenvalue weighted by Gasteiger charge is -2.07. The van der Waals surface area contributed by atoms with Gasteiger partial charge in [-0.1, -0.05) is 5.92 Å².